The molecule has 2 aliphatic rings. The number of hydrogen-bond acceptors (Lipinski definition) is 4. The lowest BCUT2D eigenvalue weighted by Crippen LogP contribution is -2.39. The van der Waals surface area contributed by atoms with E-state index in [0.29, 0.717) is 12.3 Å². The highest BCUT2D eigenvalue weighted by Gasteiger charge is 2.26. The van der Waals surface area contributed by atoms with Crippen molar-refractivity contribution >= 4 is 5.91 Å². The van der Waals surface area contributed by atoms with Gasteiger partial charge in [-0.05, 0) is 55.2 Å². The van der Waals surface area contributed by atoms with Gasteiger partial charge in [0.2, 0.25) is 5.91 Å². The molecule has 0 N–H and O–H groups in total. The van der Waals surface area contributed by atoms with E-state index in [-0.39, 0.29) is 5.91 Å². The van der Waals surface area contributed by atoms with Gasteiger partial charge in [0.05, 0.1) is 13.5 Å². The lowest BCUT2D eigenvalue weighted by atomic mass is 9.93. The molecule has 0 bridgehead atoms. The number of rotatable bonds is 7. The molecule has 6 nitrogen and oxygen atoms in total. The molecule has 1 saturated carbocycles. The van der Waals surface area contributed by atoms with Crippen molar-refractivity contribution < 1.29 is 9.53 Å². The van der Waals surface area contributed by atoms with Gasteiger partial charge in [-0.1, -0.05) is 12.1 Å². The van der Waals surface area contributed by atoms with E-state index in [4.69, 9.17) is 4.74 Å². The molecule has 1 aliphatic carbocycles. The molecule has 0 unspecified atom stereocenters. The molecule has 1 amide bonds. The van der Waals surface area contributed by atoms with Crippen LogP contribution in [0.3, 0.4) is 0 Å². The van der Waals surface area contributed by atoms with Gasteiger partial charge in [-0.25, -0.2) is 0 Å². The van der Waals surface area contributed by atoms with Crippen LogP contribution in [0.4, 0.5) is 0 Å². The molecule has 144 valence electrons. The number of amides is 1. The zero-order chi connectivity index (χ0) is 18.6. The molecule has 1 aromatic carbocycles. The van der Waals surface area contributed by atoms with Crippen LogP contribution in [0.1, 0.15) is 37.1 Å². The van der Waals surface area contributed by atoms with E-state index in [9.17, 15) is 4.79 Å². The Hall–Kier alpha value is -2.37. The summed E-state index contributed by atoms with van der Waals surface area (Å²) in [4.78, 5) is 14.6. The number of nitrogens with zero attached hydrogens (tertiary/aromatic N) is 4. The molecule has 2 fully saturated rings. The molecule has 27 heavy (non-hydrogen) atoms. The fraction of sp³-hybridized carbons (Fsp3) is 0.571. The van der Waals surface area contributed by atoms with Crippen molar-refractivity contribution in [3.63, 3.8) is 0 Å². The van der Waals surface area contributed by atoms with Gasteiger partial charge in [0, 0.05) is 26.1 Å². The third-order valence-corrected chi connectivity index (χ3v) is 5.78. The van der Waals surface area contributed by atoms with Crippen LogP contribution in [-0.2, 0) is 24.2 Å². The Labute approximate surface area is 160 Å². The molecule has 0 radical (unpaired) electrons. The predicted octanol–water partition coefficient (Wildman–Crippen LogP) is 2.72. The summed E-state index contributed by atoms with van der Waals surface area (Å²) < 4.78 is 7.48. The second-order valence-electron chi connectivity index (χ2n) is 7.90. The van der Waals surface area contributed by atoms with Crippen LogP contribution in [-0.4, -0.2) is 45.8 Å². The van der Waals surface area contributed by atoms with Crippen LogP contribution in [0.5, 0.6) is 5.75 Å². The number of carbonyl (C=O) groups excluding carboxylic acids is 1. The minimum Gasteiger partial charge on any atom is -0.497 e. The second kappa shape index (κ2) is 8.11. The summed E-state index contributed by atoms with van der Waals surface area (Å²) in [6, 6.07) is 7.77. The van der Waals surface area contributed by atoms with Gasteiger partial charge in [-0.3, -0.25) is 4.79 Å². The van der Waals surface area contributed by atoms with Gasteiger partial charge in [0.25, 0.3) is 0 Å². The third-order valence-electron chi connectivity index (χ3n) is 5.78. The zero-order valence-electron chi connectivity index (χ0n) is 16.0. The van der Waals surface area contributed by atoms with Crippen molar-refractivity contribution in [2.45, 2.75) is 45.1 Å². The molecule has 1 saturated heterocycles. The number of piperidine rings is 1. The van der Waals surface area contributed by atoms with E-state index in [1.165, 1.54) is 12.8 Å². The minimum absolute atomic E-state index is 0.207. The molecule has 0 spiro atoms. The van der Waals surface area contributed by atoms with Gasteiger partial charge < -0.3 is 14.2 Å². The van der Waals surface area contributed by atoms with E-state index >= 15 is 0 Å². The standard InChI is InChI=1S/C21H28N4O2/c1-27-19-4-2-3-18(11-19)13-21(26)24-9-7-16(8-10-24)12-20-23-22-15-25(20)14-17-5-6-17/h2-4,11,15-17H,5-10,12-14H2,1H3. The first-order valence-corrected chi connectivity index (χ1v) is 9.98. The maximum absolute atomic E-state index is 12.6. The Morgan fingerprint density at radius 3 is 2.74 bits per heavy atom. The van der Waals surface area contributed by atoms with Crippen molar-refractivity contribution in [1.29, 1.82) is 0 Å². The second-order valence-corrected chi connectivity index (χ2v) is 7.90. The topological polar surface area (TPSA) is 60.2 Å². The number of likely N-dealkylation sites (tertiary alicyclic amines) is 1. The molecule has 1 aliphatic heterocycles. The monoisotopic (exact) mass is 368 g/mol. The van der Waals surface area contributed by atoms with Gasteiger partial charge >= 0.3 is 0 Å². The number of aromatic nitrogens is 3. The molecule has 1 aromatic heterocycles. The van der Waals surface area contributed by atoms with Crippen molar-refractivity contribution in [3.05, 3.63) is 42.0 Å². The van der Waals surface area contributed by atoms with E-state index in [1.54, 1.807) is 7.11 Å². The smallest absolute Gasteiger partial charge is 0.226 e. The average molecular weight is 368 g/mol. The molecule has 4 rings (SSSR count). The van der Waals surface area contributed by atoms with Crippen molar-refractivity contribution in [3.8, 4) is 5.75 Å². The van der Waals surface area contributed by atoms with Crippen molar-refractivity contribution in [1.82, 2.24) is 19.7 Å². The van der Waals surface area contributed by atoms with Crippen LogP contribution in [0.25, 0.3) is 0 Å². The zero-order valence-corrected chi connectivity index (χ0v) is 16.0. The van der Waals surface area contributed by atoms with E-state index in [1.807, 2.05) is 35.5 Å². The normalized spacial score (nSPS) is 17.9. The maximum Gasteiger partial charge on any atom is 0.226 e. The van der Waals surface area contributed by atoms with Gasteiger partial charge in [0.1, 0.15) is 17.9 Å². The summed E-state index contributed by atoms with van der Waals surface area (Å²) in [6.45, 7) is 2.74. The SMILES string of the molecule is COc1cccc(CC(=O)N2CCC(Cc3nncn3CC3CC3)CC2)c1. The number of ether oxygens (including phenoxy) is 1. The highest BCUT2D eigenvalue weighted by atomic mass is 16.5. The highest BCUT2D eigenvalue weighted by molar-refractivity contribution is 5.79. The average Bonchev–Trinajstić information content (AvgIpc) is 3.41. The Kier molecular flexibility index (Phi) is 5.41. The predicted molar refractivity (Wildman–Crippen MR) is 102 cm³/mol. The summed E-state index contributed by atoms with van der Waals surface area (Å²) in [5.74, 6) is 3.54. The molecular formula is C21H28N4O2. The number of carbonyl (C=O) groups is 1. The number of hydrogen-bond donors (Lipinski definition) is 0. The third kappa shape index (κ3) is 4.67. The number of benzene rings is 1. The van der Waals surface area contributed by atoms with Crippen LogP contribution < -0.4 is 4.74 Å². The van der Waals surface area contributed by atoms with Crippen molar-refractivity contribution in [2.24, 2.45) is 11.8 Å². The van der Waals surface area contributed by atoms with Crippen LogP contribution in [0.2, 0.25) is 0 Å². The van der Waals surface area contributed by atoms with Gasteiger partial charge in [-0.15, -0.1) is 10.2 Å². The van der Waals surface area contributed by atoms with E-state index < -0.39 is 0 Å². The Balaban J connectivity index is 1.27. The fourth-order valence-corrected chi connectivity index (χ4v) is 3.88. The van der Waals surface area contributed by atoms with Gasteiger partial charge in [0.15, 0.2) is 0 Å². The summed E-state index contributed by atoms with van der Waals surface area (Å²) >= 11 is 0. The molecule has 0 atom stereocenters. The van der Waals surface area contributed by atoms with Crippen LogP contribution in [0, 0.1) is 11.8 Å². The van der Waals surface area contributed by atoms with E-state index in [2.05, 4.69) is 14.8 Å². The van der Waals surface area contributed by atoms with Crippen LogP contribution in [0.15, 0.2) is 30.6 Å². The quantitative estimate of drug-likeness (QED) is 0.754. The fourth-order valence-electron chi connectivity index (χ4n) is 3.88. The lowest BCUT2D eigenvalue weighted by Gasteiger charge is -2.32. The summed E-state index contributed by atoms with van der Waals surface area (Å²) in [7, 11) is 1.65. The molecule has 6 heteroatoms. The first kappa shape index (κ1) is 18.0. The Bertz CT molecular complexity index is 776. The molecule has 2 aromatic rings. The number of methoxy groups -OCH3 is 1. The van der Waals surface area contributed by atoms with Gasteiger partial charge in [-0.2, -0.15) is 0 Å². The highest BCUT2D eigenvalue weighted by Crippen LogP contribution is 2.31. The first-order chi connectivity index (χ1) is 13.2. The Morgan fingerprint density at radius 1 is 1.19 bits per heavy atom. The molecular weight excluding hydrogens is 340 g/mol. The van der Waals surface area contributed by atoms with E-state index in [0.717, 1.165) is 62.0 Å². The minimum atomic E-state index is 0.207. The van der Waals surface area contributed by atoms with Crippen molar-refractivity contribution in [2.75, 3.05) is 20.2 Å². The Morgan fingerprint density at radius 2 is 2.00 bits per heavy atom. The molecule has 2 heterocycles. The lowest BCUT2D eigenvalue weighted by molar-refractivity contribution is -0.131. The summed E-state index contributed by atoms with van der Waals surface area (Å²) in [6.07, 6.45) is 8.06. The maximum atomic E-state index is 12.6. The largest absolute Gasteiger partial charge is 0.497 e. The summed E-state index contributed by atoms with van der Waals surface area (Å²) in [5, 5.41) is 8.45. The first-order valence-electron chi connectivity index (χ1n) is 9.98. The summed E-state index contributed by atoms with van der Waals surface area (Å²) in [5.41, 5.74) is 1.01. The van der Waals surface area contributed by atoms with Crippen LogP contribution >= 0.6 is 0 Å².